The Morgan fingerprint density at radius 2 is 1.00 bits per heavy atom. The van der Waals surface area contributed by atoms with Gasteiger partial charge in [-0.3, -0.25) is 0 Å². The van der Waals surface area contributed by atoms with Crippen LogP contribution in [0.4, 0.5) is 4.11 Å². The zero-order valence-corrected chi connectivity index (χ0v) is 8.88. The summed E-state index contributed by atoms with van der Waals surface area (Å²) in [5, 5.41) is -0.244. The summed E-state index contributed by atoms with van der Waals surface area (Å²) in [6, 6.07) is 0. The van der Waals surface area contributed by atoms with E-state index >= 15 is 0 Å². The molecule has 0 nitrogen and oxygen atoms in total. The van der Waals surface area contributed by atoms with E-state index in [1.54, 1.807) is 0 Å². The average molecular weight is 161 g/mol. The molecule has 10 heavy (non-hydrogen) atoms. The van der Waals surface area contributed by atoms with Crippen molar-refractivity contribution < 1.29 is 4.11 Å². The number of hydrogen-bond acceptors (Lipinski definition) is 0. The summed E-state index contributed by atoms with van der Waals surface area (Å²) in [6.45, 7) is 11.9. The van der Waals surface area contributed by atoms with Crippen LogP contribution in [0.5, 0.6) is 0 Å². The molecule has 0 atom stereocenters. The first-order valence-corrected chi connectivity index (χ1v) is 5.07. The van der Waals surface area contributed by atoms with Gasteiger partial charge in [-0.15, -0.1) is 0 Å². The zero-order valence-electron chi connectivity index (χ0n) is 7.88. The number of hydrogen-bond donors (Lipinski definition) is 0. The van der Waals surface area contributed by atoms with Crippen molar-refractivity contribution in [3.05, 3.63) is 0 Å². The van der Waals surface area contributed by atoms with Crippen molar-refractivity contribution in [1.82, 2.24) is 0 Å². The van der Waals surface area contributed by atoms with E-state index in [0.717, 1.165) is 0 Å². The molecule has 0 aliphatic heterocycles. The van der Waals surface area contributed by atoms with Crippen LogP contribution in [0.25, 0.3) is 0 Å². The monoisotopic (exact) mass is 161 g/mol. The van der Waals surface area contributed by atoms with E-state index in [4.69, 9.17) is 0 Å². The lowest BCUT2D eigenvalue weighted by Crippen LogP contribution is -2.30. The van der Waals surface area contributed by atoms with Crippen molar-refractivity contribution in [2.75, 3.05) is 0 Å². The summed E-state index contributed by atoms with van der Waals surface area (Å²) in [6.07, 6.45) is 0. The molecule has 0 rings (SSSR count). The lowest BCUT2D eigenvalue weighted by Gasteiger charge is -2.31. The maximum Gasteiger partial charge on any atom is 0.282 e. The van der Waals surface area contributed by atoms with Gasteiger partial charge in [-0.2, -0.15) is 0 Å². The summed E-state index contributed by atoms with van der Waals surface area (Å²) in [7, 11) is -1.72. The molecule has 0 saturated heterocycles. The van der Waals surface area contributed by atoms with Crippen LogP contribution in [0, 0.1) is 0 Å². The summed E-state index contributed by atoms with van der Waals surface area (Å²) in [4.78, 5) is 0. The molecule has 61 valence electrons. The van der Waals surface area contributed by atoms with Crippen molar-refractivity contribution >= 4 is 9.13 Å². The fourth-order valence-electron chi connectivity index (χ4n) is 1.12. The van der Waals surface area contributed by atoms with Crippen LogP contribution >= 0.6 is 0 Å². The Bertz CT molecular complexity index is 93.4. The SMILES string of the molecule is CC(C)(C)[Si](F)C(C)(C)C. The Kier molecular flexibility index (Phi) is 2.68. The van der Waals surface area contributed by atoms with Crippen LogP contribution in [-0.4, -0.2) is 9.13 Å². The molecular weight excluding hydrogens is 143 g/mol. The van der Waals surface area contributed by atoms with Crippen molar-refractivity contribution in [2.45, 2.75) is 51.6 Å². The Labute approximate surface area is 65.6 Å². The minimum atomic E-state index is -1.72. The normalized spacial score (nSPS) is 14.4. The van der Waals surface area contributed by atoms with Crippen molar-refractivity contribution in [3.8, 4) is 0 Å². The van der Waals surface area contributed by atoms with Gasteiger partial charge in [-0.25, -0.2) is 0 Å². The predicted molar refractivity (Wildman–Crippen MR) is 46.3 cm³/mol. The van der Waals surface area contributed by atoms with Crippen molar-refractivity contribution in [1.29, 1.82) is 0 Å². The molecule has 0 spiro atoms. The Hall–Kier alpha value is 0.147. The molecule has 0 bridgehead atoms. The summed E-state index contributed by atoms with van der Waals surface area (Å²) in [5.41, 5.74) is 0. The first kappa shape index (κ1) is 10.1. The van der Waals surface area contributed by atoms with Crippen LogP contribution in [0.15, 0.2) is 0 Å². The van der Waals surface area contributed by atoms with Crippen LogP contribution < -0.4 is 0 Å². The summed E-state index contributed by atoms with van der Waals surface area (Å²) < 4.78 is 13.5. The van der Waals surface area contributed by atoms with Gasteiger partial charge in [0.15, 0.2) is 0 Å². The zero-order chi connectivity index (χ0) is 8.58. The molecule has 0 saturated carbocycles. The smallest absolute Gasteiger partial charge is 0.282 e. The predicted octanol–water partition coefficient (Wildman–Crippen LogP) is 3.55. The van der Waals surface area contributed by atoms with Gasteiger partial charge in [0, 0.05) is 0 Å². The number of rotatable bonds is 0. The van der Waals surface area contributed by atoms with E-state index in [0.29, 0.717) is 0 Å². The van der Waals surface area contributed by atoms with E-state index < -0.39 is 9.13 Å². The minimum absolute atomic E-state index is 0.122. The fraction of sp³-hybridized carbons (Fsp3) is 1.00. The molecule has 0 heterocycles. The third kappa shape index (κ3) is 2.82. The van der Waals surface area contributed by atoms with Crippen LogP contribution in [0.1, 0.15) is 41.5 Å². The largest absolute Gasteiger partial charge is 0.313 e. The highest BCUT2D eigenvalue weighted by Crippen LogP contribution is 2.42. The maximum atomic E-state index is 13.5. The Morgan fingerprint density at radius 1 is 0.800 bits per heavy atom. The van der Waals surface area contributed by atoms with Gasteiger partial charge >= 0.3 is 0 Å². The van der Waals surface area contributed by atoms with Gasteiger partial charge < -0.3 is 4.11 Å². The van der Waals surface area contributed by atoms with Gasteiger partial charge in [0.25, 0.3) is 9.13 Å². The van der Waals surface area contributed by atoms with E-state index in [1.165, 1.54) is 0 Å². The van der Waals surface area contributed by atoms with Gasteiger partial charge in [0.2, 0.25) is 0 Å². The molecule has 2 heteroatoms. The van der Waals surface area contributed by atoms with Crippen LogP contribution in [-0.2, 0) is 0 Å². The van der Waals surface area contributed by atoms with Gasteiger partial charge in [0.1, 0.15) is 0 Å². The highest BCUT2D eigenvalue weighted by molar-refractivity contribution is 6.57. The van der Waals surface area contributed by atoms with E-state index in [9.17, 15) is 4.11 Å². The van der Waals surface area contributed by atoms with Crippen molar-refractivity contribution in [2.24, 2.45) is 0 Å². The standard InChI is InChI=1S/C8H18FSi/c1-7(2,3)10(9)8(4,5)6/h1-6H3. The first-order valence-electron chi connectivity index (χ1n) is 3.69. The second-order valence-corrected chi connectivity index (χ2v) is 8.44. The second kappa shape index (κ2) is 2.65. The third-order valence-corrected chi connectivity index (χ3v) is 3.95. The lowest BCUT2D eigenvalue weighted by atomic mass is 10.2. The van der Waals surface area contributed by atoms with Gasteiger partial charge in [-0.05, 0) is 10.1 Å². The molecule has 0 aromatic rings. The lowest BCUT2D eigenvalue weighted by molar-refractivity contribution is 0.559. The summed E-state index contributed by atoms with van der Waals surface area (Å²) in [5.74, 6) is 0. The average Bonchev–Trinajstić information content (AvgIpc) is 1.59. The molecule has 0 aromatic carbocycles. The van der Waals surface area contributed by atoms with Gasteiger partial charge in [-0.1, -0.05) is 41.5 Å². The molecule has 0 aromatic heterocycles. The van der Waals surface area contributed by atoms with Crippen LogP contribution in [0.2, 0.25) is 10.1 Å². The maximum absolute atomic E-state index is 13.5. The third-order valence-electron chi connectivity index (χ3n) is 1.32. The van der Waals surface area contributed by atoms with Crippen LogP contribution in [0.3, 0.4) is 0 Å². The molecule has 0 unspecified atom stereocenters. The van der Waals surface area contributed by atoms with E-state index in [1.807, 2.05) is 41.5 Å². The molecule has 0 fully saturated rings. The highest BCUT2D eigenvalue weighted by Gasteiger charge is 2.38. The minimum Gasteiger partial charge on any atom is -0.313 e. The van der Waals surface area contributed by atoms with E-state index in [2.05, 4.69) is 0 Å². The Balaban J connectivity index is 4.23. The molecule has 0 aliphatic carbocycles. The van der Waals surface area contributed by atoms with Crippen molar-refractivity contribution in [3.63, 3.8) is 0 Å². The van der Waals surface area contributed by atoms with E-state index in [-0.39, 0.29) is 10.1 Å². The van der Waals surface area contributed by atoms with Gasteiger partial charge in [0.05, 0.1) is 0 Å². The molecule has 1 radical (unpaired) electrons. The highest BCUT2D eigenvalue weighted by atomic mass is 28.3. The first-order chi connectivity index (χ1) is 4.15. The summed E-state index contributed by atoms with van der Waals surface area (Å²) >= 11 is 0. The number of halogens is 1. The quantitative estimate of drug-likeness (QED) is 0.376. The second-order valence-electron chi connectivity index (χ2n) is 4.81. The molecular formula is C8H18FSi. The molecule has 0 amide bonds. The Morgan fingerprint density at radius 3 is 1.00 bits per heavy atom. The topological polar surface area (TPSA) is 0 Å². The fourth-order valence-corrected chi connectivity index (χ4v) is 3.38. The molecule has 0 aliphatic rings. The molecule has 0 N–H and O–H groups in total.